The van der Waals surface area contributed by atoms with Gasteiger partial charge in [-0.15, -0.1) is 11.3 Å². The van der Waals surface area contributed by atoms with Crippen molar-refractivity contribution in [2.45, 2.75) is 6.54 Å². The molecule has 12 nitrogen and oxygen atoms in total. The molecule has 0 saturated carbocycles. The maximum absolute atomic E-state index is 13.0. The summed E-state index contributed by atoms with van der Waals surface area (Å²) in [6.45, 7) is 5.43. The van der Waals surface area contributed by atoms with Gasteiger partial charge in [0.25, 0.3) is 0 Å². The number of aromatic nitrogens is 3. The Morgan fingerprint density at radius 1 is 1.24 bits per heavy atom. The number of carbonyl (C=O) groups is 2. The average Bonchev–Trinajstić information content (AvgIpc) is 3.44. The molecule has 0 atom stereocenters. The largest absolute Gasteiger partial charge is 0.494 e. The summed E-state index contributed by atoms with van der Waals surface area (Å²) < 4.78 is 5.66. The molecule has 0 saturated heterocycles. The van der Waals surface area contributed by atoms with Crippen molar-refractivity contribution in [2.75, 3.05) is 73.7 Å². The summed E-state index contributed by atoms with van der Waals surface area (Å²) in [4.78, 5) is 45.7. The molecule has 1 aliphatic rings. The molecule has 3 amide bonds. The molecule has 1 aliphatic heterocycles. The van der Waals surface area contributed by atoms with Crippen molar-refractivity contribution in [1.82, 2.24) is 19.9 Å². The number of thiazole rings is 1. The third-order valence-electron chi connectivity index (χ3n) is 6.00. The number of urea groups is 1. The molecule has 2 aromatic heterocycles. The highest BCUT2D eigenvalue weighted by molar-refractivity contribution is 7.07. The van der Waals surface area contributed by atoms with Crippen LogP contribution in [0.15, 0.2) is 41.9 Å². The first-order chi connectivity index (χ1) is 18.2. The van der Waals surface area contributed by atoms with Crippen LogP contribution in [-0.2, 0) is 11.3 Å². The van der Waals surface area contributed by atoms with Gasteiger partial charge in [-0.1, -0.05) is 6.58 Å². The summed E-state index contributed by atoms with van der Waals surface area (Å²) in [6.07, 6.45) is 2.90. The highest BCUT2D eigenvalue weighted by Gasteiger charge is 2.31. The third kappa shape index (κ3) is 5.68. The maximum Gasteiger partial charge on any atom is 0.331 e. The minimum absolute atomic E-state index is 0.231. The van der Waals surface area contributed by atoms with Crippen molar-refractivity contribution >= 4 is 57.9 Å². The number of fused-ring (bicyclic) bond motifs is 1. The quantitative estimate of drug-likeness (QED) is 0.375. The van der Waals surface area contributed by atoms with Crippen molar-refractivity contribution < 1.29 is 14.3 Å². The van der Waals surface area contributed by atoms with E-state index in [1.807, 2.05) is 37.5 Å². The number of methoxy groups -OCH3 is 1. The van der Waals surface area contributed by atoms with E-state index in [0.29, 0.717) is 35.3 Å². The van der Waals surface area contributed by atoms with Crippen molar-refractivity contribution in [3.8, 4) is 5.75 Å². The minimum Gasteiger partial charge on any atom is -0.494 e. The van der Waals surface area contributed by atoms with Gasteiger partial charge in [-0.25, -0.2) is 14.8 Å². The van der Waals surface area contributed by atoms with Gasteiger partial charge in [0.05, 0.1) is 36.2 Å². The first-order valence-electron chi connectivity index (χ1n) is 11.8. The van der Waals surface area contributed by atoms with Crippen LogP contribution < -0.4 is 30.1 Å². The number of anilines is 6. The Morgan fingerprint density at radius 3 is 2.68 bits per heavy atom. The van der Waals surface area contributed by atoms with E-state index < -0.39 is 0 Å². The zero-order valence-electron chi connectivity index (χ0n) is 22.1. The number of benzene rings is 1. The molecule has 0 fully saturated rings. The normalized spacial score (nSPS) is 12.8. The first-order valence-corrected chi connectivity index (χ1v) is 12.7. The van der Waals surface area contributed by atoms with E-state index in [9.17, 15) is 9.59 Å². The van der Waals surface area contributed by atoms with Crippen LogP contribution in [0.4, 0.5) is 39.4 Å². The van der Waals surface area contributed by atoms with Crippen molar-refractivity contribution in [3.63, 3.8) is 0 Å². The molecular formula is C25H31N9O3S. The van der Waals surface area contributed by atoms with Gasteiger partial charge in [0.15, 0.2) is 0 Å². The summed E-state index contributed by atoms with van der Waals surface area (Å²) in [5.41, 5.74) is 4.37. The highest BCUT2D eigenvalue weighted by atomic mass is 32.1. The maximum atomic E-state index is 13.0. The number of amides is 3. The lowest BCUT2D eigenvalue weighted by Crippen LogP contribution is -2.46. The minimum atomic E-state index is -0.335. The van der Waals surface area contributed by atoms with Gasteiger partial charge in [-0.2, -0.15) is 4.98 Å². The molecule has 4 rings (SSSR count). The lowest BCUT2D eigenvalue weighted by molar-refractivity contribution is -0.111. The van der Waals surface area contributed by atoms with E-state index >= 15 is 0 Å². The first kappa shape index (κ1) is 26.8. The fourth-order valence-corrected chi connectivity index (χ4v) is 4.45. The number of nitrogens with one attached hydrogen (secondary N) is 2. The second-order valence-corrected chi connectivity index (χ2v) is 9.65. The molecule has 1 aromatic carbocycles. The fraction of sp³-hybridized carbons (Fsp3) is 0.320. The topological polar surface area (TPSA) is 119 Å². The summed E-state index contributed by atoms with van der Waals surface area (Å²) in [7, 11) is 9.19. The highest BCUT2D eigenvalue weighted by Crippen LogP contribution is 2.38. The monoisotopic (exact) mass is 537 g/mol. The molecule has 3 aromatic rings. The number of nitrogens with zero attached hydrogens (tertiary/aromatic N) is 7. The standard InChI is InChI=1S/C25H31N9O3S/c1-7-22(35)28-17-10-18(20(37-6)11-19(17)32(4)9-8-31(2)3)29-24-26-12-16-13-34(21-14-38-15-27-21)25(36)33(5)23(16)30-24/h7,10-12,14-15H,1,8-9,13H2,2-6H3,(H,28,35)(H,26,29,30). The summed E-state index contributed by atoms with van der Waals surface area (Å²) in [6, 6.07) is 3.38. The van der Waals surface area contributed by atoms with Crippen LogP contribution in [0.25, 0.3) is 0 Å². The molecule has 0 bridgehead atoms. The predicted molar refractivity (Wildman–Crippen MR) is 151 cm³/mol. The Kier molecular flexibility index (Phi) is 8.08. The van der Waals surface area contributed by atoms with Crippen LogP contribution in [0.2, 0.25) is 0 Å². The van der Waals surface area contributed by atoms with Crippen LogP contribution in [-0.4, -0.2) is 80.2 Å². The molecule has 0 radical (unpaired) electrons. The second-order valence-electron chi connectivity index (χ2n) is 8.93. The van der Waals surface area contributed by atoms with E-state index in [1.165, 1.54) is 22.3 Å². The molecule has 38 heavy (non-hydrogen) atoms. The van der Waals surface area contributed by atoms with Gasteiger partial charge in [0.2, 0.25) is 11.9 Å². The average molecular weight is 538 g/mol. The molecule has 3 heterocycles. The Labute approximate surface area is 225 Å². The van der Waals surface area contributed by atoms with Crippen molar-refractivity contribution in [2.24, 2.45) is 0 Å². The van der Waals surface area contributed by atoms with Gasteiger partial charge < -0.3 is 25.2 Å². The van der Waals surface area contributed by atoms with Crippen molar-refractivity contribution in [3.05, 3.63) is 47.4 Å². The Bertz CT molecular complexity index is 1330. The van der Waals surface area contributed by atoms with Gasteiger partial charge in [-0.3, -0.25) is 14.6 Å². The SMILES string of the molecule is C=CC(=O)Nc1cc(Nc2ncc3c(n2)N(C)C(=O)N(c2cscn2)C3)c(OC)cc1N(C)CCN(C)C. The fourth-order valence-electron chi connectivity index (χ4n) is 3.91. The van der Waals surface area contributed by atoms with Crippen LogP contribution in [0.1, 0.15) is 5.56 Å². The number of carbonyl (C=O) groups excluding carboxylic acids is 2. The van der Waals surface area contributed by atoms with E-state index in [1.54, 1.807) is 36.8 Å². The van der Waals surface area contributed by atoms with Gasteiger partial charge >= 0.3 is 6.03 Å². The Hall–Kier alpha value is -4.23. The van der Waals surface area contributed by atoms with E-state index in [-0.39, 0.29) is 17.9 Å². The molecule has 0 unspecified atom stereocenters. The Balaban J connectivity index is 1.65. The lowest BCUT2D eigenvalue weighted by atomic mass is 10.2. The van der Waals surface area contributed by atoms with Crippen LogP contribution in [0.3, 0.4) is 0 Å². The molecular weight excluding hydrogens is 506 g/mol. The Morgan fingerprint density at radius 2 is 2.03 bits per heavy atom. The zero-order chi connectivity index (χ0) is 27.4. The van der Waals surface area contributed by atoms with Gasteiger partial charge in [0.1, 0.15) is 17.4 Å². The molecule has 0 spiro atoms. The van der Waals surface area contributed by atoms with Gasteiger partial charge in [-0.05, 0) is 26.2 Å². The van der Waals surface area contributed by atoms with E-state index in [2.05, 4.69) is 37.1 Å². The van der Waals surface area contributed by atoms with Crippen molar-refractivity contribution in [1.29, 1.82) is 0 Å². The molecule has 0 aliphatic carbocycles. The number of rotatable bonds is 10. The molecule has 200 valence electrons. The van der Waals surface area contributed by atoms with Gasteiger partial charge in [0, 0.05) is 50.4 Å². The van der Waals surface area contributed by atoms with E-state index in [0.717, 1.165) is 24.3 Å². The van der Waals surface area contributed by atoms with E-state index in [4.69, 9.17) is 4.74 Å². The number of hydrogen-bond acceptors (Lipinski definition) is 10. The summed E-state index contributed by atoms with van der Waals surface area (Å²) in [5.74, 6) is 1.57. The second kappa shape index (κ2) is 11.4. The lowest BCUT2D eigenvalue weighted by Gasteiger charge is -2.32. The number of likely N-dealkylation sites (N-methyl/N-ethyl adjacent to an activating group) is 2. The van der Waals surface area contributed by atoms with Crippen LogP contribution in [0.5, 0.6) is 5.75 Å². The van der Waals surface area contributed by atoms with Crippen LogP contribution >= 0.6 is 11.3 Å². The number of ether oxygens (including phenoxy) is 1. The predicted octanol–water partition coefficient (Wildman–Crippen LogP) is 3.38. The van der Waals surface area contributed by atoms with Crippen LogP contribution in [0, 0.1) is 0 Å². The zero-order valence-corrected chi connectivity index (χ0v) is 22.9. The summed E-state index contributed by atoms with van der Waals surface area (Å²) >= 11 is 1.42. The molecule has 13 heteroatoms. The number of hydrogen-bond donors (Lipinski definition) is 2. The third-order valence-corrected chi connectivity index (χ3v) is 6.58. The summed E-state index contributed by atoms with van der Waals surface area (Å²) in [5, 5.41) is 7.88. The smallest absolute Gasteiger partial charge is 0.331 e. The molecule has 2 N–H and O–H groups in total.